The number of rotatable bonds is 12. The van der Waals surface area contributed by atoms with Crippen LogP contribution in [-0.4, -0.2) is 89.8 Å². The highest BCUT2D eigenvalue weighted by Gasteiger charge is 2.72. The fraction of sp³-hybridized carbons (Fsp3) is 0.806. The zero-order valence-electron chi connectivity index (χ0n) is 25.9. The number of alkyl halides is 2. The molecule has 1 spiro atoms. The molecule has 1 N–H and O–H groups in total. The molecule has 3 saturated heterocycles. The van der Waals surface area contributed by atoms with Crippen LogP contribution in [0.2, 0.25) is 0 Å². The Morgan fingerprint density at radius 3 is 2.71 bits per heavy atom. The van der Waals surface area contributed by atoms with Gasteiger partial charge in [-0.1, -0.05) is 25.5 Å². The van der Waals surface area contributed by atoms with Gasteiger partial charge < -0.3 is 28.8 Å². The van der Waals surface area contributed by atoms with Crippen LogP contribution in [0, 0.1) is 17.8 Å². The van der Waals surface area contributed by atoms with Crippen molar-refractivity contribution in [1.29, 1.82) is 0 Å². The molecule has 4 fully saturated rings. The lowest BCUT2D eigenvalue weighted by molar-refractivity contribution is -0.118. The fourth-order valence-electron chi connectivity index (χ4n) is 7.31. The van der Waals surface area contributed by atoms with Gasteiger partial charge in [-0.15, -0.1) is 0 Å². The number of aromatic nitrogens is 2. The quantitative estimate of drug-likeness (QED) is 0.270. The van der Waals surface area contributed by atoms with Gasteiger partial charge in [0, 0.05) is 26.4 Å². The standard InChI is InChI=1S/C31H48F2N4O5/c1-19(2)7-8-24-30(5,42-24)28-27(39-6)23(9-11-31(28)17-40-31)41-29(38)35-26(20(3)4)22-15-37(18-34-22)14-21-10-12-36(13-21)16-25(32)33/h7,15,18,20-21,23-28H,8-14,16-17H2,1-6H3,(H,35,38)/t21-,23-,24-,26+,27-,28-,30+,31+/m1/s1. The molecule has 1 aliphatic carbocycles. The average molecular weight is 595 g/mol. The van der Waals surface area contributed by atoms with Crippen molar-refractivity contribution in [2.45, 2.75) is 109 Å². The van der Waals surface area contributed by atoms with E-state index in [1.54, 1.807) is 13.4 Å². The lowest BCUT2D eigenvalue weighted by atomic mass is 9.68. The summed E-state index contributed by atoms with van der Waals surface area (Å²) in [5, 5.41) is 3.05. The van der Waals surface area contributed by atoms with Crippen molar-refractivity contribution < 1.29 is 32.5 Å². The first-order valence-electron chi connectivity index (χ1n) is 15.4. The minimum absolute atomic E-state index is 0.0408. The number of hydrogen-bond donors (Lipinski definition) is 1. The SMILES string of the molecule is CO[C@@H]1[C@H](OC(=O)N[C@H](c2cn(C[C@@H]3CCN(CC(F)F)C3)cn2)C(C)C)CC[C@]2(CO2)[C@H]1[C@@]1(C)O[C@@H]1CC=C(C)C. The molecule has 5 rings (SSSR count). The first-order valence-corrected chi connectivity index (χ1v) is 15.4. The van der Waals surface area contributed by atoms with Gasteiger partial charge in [-0.05, 0) is 64.8 Å². The number of epoxide rings is 2. The third kappa shape index (κ3) is 6.84. The second kappa shape index (κ2) is 12.5. The van der Waals surface area contributed by atoms with E-state index in [1.807, 2.05) is 29.5 Å². The predicted octanol–water partition coefficient (Wildman–Crippen LogP) is 4.97. The third-order valence-corrected chi connectivity index (χ3v) is 9.64. The van der Waals surface area contributed by atoms with Crippen LogP contribution in [0.1, 0.15) is 72.0 Å². The van der Waals surface area contributed by atoms with Gasteiger partial charge in [-0.3, -0.25) is 4.90 Å². The lowest BCUT2D eigenvalue weighted by Gasteiger charge is -2.42. The molecule has 4 aliphatic rings. The molecule has 11 heteroatoms. The molecule has 42 heavy (non-hydrogen) atoms. The number of imidazole rings is 1. The predicted molar refractivity (Wildman–Crippen MR) is 153 cm³/mol. The summed E-state index contributed by atoms with van der Waals surface area (Å²) in [4.78, 5) is 19.7. The van der Waals surface area contributed by atoms with Gasteiger partial charge >= 0.3 is 6.09 Å². The molecular weight excluding hydrogens is 546 g/mol. The zero-order valence-corrected chi connectivity index (χ0v) is 25.9. The number of alkyl carbamates (subject to hydrolysis) is 1. The summed E-state index contributed by atoms with van der Waals surface area (Å²) in [5.74, 6) is 0.328. The van der Waals surface area contributed by atoms with Crippen LogP contribution in [0.15, 0.2) is 24.2 Å². The number of carbonyl (C=O) groups is 1. The molecule has 0 unspecified atom stereocenters. The van der Waals surface area contributed by atoms with Crippen LogP contribution in [0.25, 0.3) is 0 Å². The van der Waals surface area contributed by atoms with E-state index in [4.69, 9.17) is 18.9 Å². The van der Waals surface area contributed by atoms with E-state index in [9.17, 15) is 13.6 Å². The Hall–Kier alpha value is -2.08. The van der Waals surface area contributed by atoms with Crippen LogP contribution in [-0.2, 0) is 25.5 Å². The van der Waals surface area contributed by atoms with E-state index in [0.717, 1.165) is 25.0 Å². The Labute approximate surface area is 248 Å². The maximum atomic E-state index is 13.3. The molecule has 1 amide bonds. The van der Waals surface area contributed by atoms with Gasteiger partial charge in [0.15, 0.2) is 0 Å². The number of ether oxygens (including phenoxy) is 4. The monoisotopic (exact) mass is 594 g/mol. The molecule has 0 bridgehead atoms. The maximum absolute atomic E-state index is 13.3. The molecule has 4 heterocycles. The summed E-state index contributed by atoms with van der Waals surface area (Å²) >= 11 is 0. The lowest BCUT2D eigenvalue weighted by Crippen LogP contribution is -2.56. The average Bonchev–Trinajstić information content (AvgIpc) is 3.69. The normalized spacial score (nSPS) is 35.0. The highest BCUT2D eigenvalue weighted by Crippen LogP contribution is 2.59. The van der Waals surface area contributed by atoms with Crippen molar-refractivity contribution in [3.05, 3.63) is 29.9 Å². The van der Waals surface area contributed by atoms with E-state index < -0.39 is 24.2 Å². The van der Waals surface area contributed by atoms with E-state index in [2.05, 4.69) is 37.1 Å². The number of halogens is 2. The van der Waals surface area contributed by atoms with E-state index in [1.165, 1.54) is 5.57 Å². The Bertz CT molecular complexity index is 1120. The minimum atomic E-state index is -2.31. The zero-order chi connectivity index (χ0) is 30.2. The molecule has 8 atom stereocenters. The Morgan fingerprint density at radius 1 is 1.31 bits per heavy atom. The fourth-order valence-corrected chi connectivity index (χ4v) is 7.31. The maximum Gasteiger partial charge on any atom is 0.408 e. The molecule has 1 saturated carbocycles. The highest BCUT2D eigenvalue weighted by atomic mass is 19.3. The van der Waals surface area contributed by atoms with E-state index in [0.29, 0.717) is 38.6 Å². The van der Waals surface area contributed by atoms with Gasteiger partial charge in [-0.25, -0.2) is 18.6 Å². The number of carbonyl (C=O) groups excluding carboxylic acids is 1. The van der Waals surface area contributed by atoms with Crippen LogP contribution in [0.4, 0.5) is 13.6 Å². The van der Waals surface area contributed by atoms with Crippen molar-refractivity contribution in [3.8, 4) is 0 Å². The third-order valence-electron chi connectivity index (χ3n) is 9.64. The van der Waals surface area contributed by atoms with E-state index in [-0.39, 0.29) is 42.2 Å². The van der Waals surface area contributed by atoms with Crippen LogP contribution >= 0.6 is 0 Å². The summed E-state index contributed by atoms with van der Waals surface area (Å²) < 4.78 is 51.9. The van der Waals surface area contributed by atoms with Gasteiger partial charge in [-0.2, -0.15) is 0 Å². The topological polar surface area (TPSA) is 93.7 Å². The molecule has 0 aromatic carbocycles. The second-order valence-corrected chi connectivity index (χ2v) is 13.5. The number of nitrogens with zero attached hydrogens (tertiary/aromatic N) is 3. The molecule has 3 aliphatic heterocycles. The highest BCUT2D eigenvalue weighted by molar-refractivity contribution is 5.68. The molecule has 1 aromatic rings. The first-order chi connectivity index (χ1) is 19.9. The van der Waals surface area contributed by atoms with Crippen molar-refractivity contribution in [3.63, 3.8) is 0 Å². The Kier molecular flexibility index (Phi) is 9.33. The van der Waals surface area contributed by atoms with Crippen molar-refractivity contribution in [2.75, 3.05) is 33.4 Å². The van der Waals surface area contributed by atoms with Crippen LogP contribution in [0.3, 0.4) is 0 Å². The smallest absolute Gasteiger partial charge is 0.408 e. The first kappa shape index (κ1) is 31.3. The van der Waals surface area contributed by atoms with Crippen molar-refractivity contribution in [1.82, 2.24) is 19.8 Å². The molecule has 1 aromatic heterocycles. The summed E-state index contributed by atoms with van der Waals surface area (Å²) in [6.07, 6.45) is 5.58. The number of nitrogens with one attached hydrogen (secondary N) is 1. The number of allylic oxidation sites excluding steroid dienone is 1. The molecule has 0 radical (unpaired) electrons. The number of likely N-dealkylation sites (tertiary alicyclic amines) is 1. The summed E-state index contributed by atoms with van der Waals surface area (Å²) in [5.41, 5.74) is 1.33. The van der Waals surface area contributed by atoms with Crippen LogP contribution in [0.5, 0.6) is 0 Å². The molecule has 9 nitrogen and oxygen atoms in total. The van der Waals surface area contributed by atoms with Gasteiger partial charge in [0.25, 0.3) is 6.43 Å². The second-order valence-electron chi connectivity index (χ2n) is 13.5. The summed E-state index contributed by atoms with van der Waals surface area (Å²) in [7, 11) is 1.67. The number of hydrogen-bond acceptors (Lipinski definition) is 7. The number of methoxy groups -OCH3 is 1. The van der Waals surface area contributed by atoms with Crippen molar-refractivity contribution >= 4 is 6.09 Å². The van der Waals surface area contributed by atoms with Crippen molar-refractivity contribution in [2.24, 2.45) is 17.8 Å². The van der Waals surface area contributed by atoms with Gasteiger partial charge in [0.05, 0.1) is 43.2 Å². The van der Waals surface area contributed by atoms with Gasteiger partial charge in [0.1, 0.15) is 23.4 Å². The molecule has 236 valence electrons. The van der Waals surface area contributed by atoms with Gasteiger partial charge in [0.2, 0.25) is 0 Å². The summed E-state index contributed by atoms with van der Waals surface area (Å²) in [6.45, 7) is 12.9. The largest absolute Gasteiger partial charge is 0.443 e. The Balaban J connectivity index is 1.20. The van der Waals surface area contributed by atoms with Crippen LogP contribution < -0.4 is 5.32 Å². The molecular formula is C31H48F2N4O5. The Morgan fingerprint density at radius 2 is 2.07 bits per heavy atom. The summed E-state index contributed by atoms with van der Waals surface area (Å²) in [6, 6.07) is -0.339. The van der Waals surface area contributed by atoms with E-state index >= 15 is 0 Å². The minimum Gasteiger partial charge on any atom is -0.443 e. The number of amides is 1.